The topological polar surface area (TPSA) is 66.9 Å². The first-order chi connectivity index (χ1) is 11.0. The fourth-order valence-corrected chi connectivity index (χ4v) is 2.59. The standard InChI is InChI=1S/C17H22N2O4/c1-13-4-3-5-14(12-13)17(22)19-10-8-18(9-11-19)15(20)6-7-16(21)23-2/h3-5,12H,6-11H2,1-2H3. The molecule has 0 saturated carbocycles. The predicted molar refractivity (Wildman–Crippen MR) is 84.9 cm³/mol. The quantitative estimate of drug-likeness (QED) is 0.783. The van der Waals surface area contributed by atoms with E-state index in [1.807, 2.05) is 31.2 Å². The number of rotatable bonds is 4. The van der Waals surface area contributed by atoms with Crippen LogP contribution in [0.3, 0.4) is 0 Å². The van der Waals surface area contributed by atoms with Gasteiger partial charge in [0.25, 0.3) is 5.91 Å². The van der Waals surface area contributed by atoms with Gasteiger partial charge < -0.3 is 14.5 Å². The van der Waals surface area contributed by atoms with E-state index in [-0.39, 0.29) is 30.6 Å². The van der Waals surface area contributed by atoms with E-state index >= 15 is 0 Å². The summed E-state index contributed by atoms with van der Waals surface area (Å²) in [5.41, 5.74) is 1.72. The summed E-state index contributed by atoms with van der Waals surface area (Å²) in [6, 6.07) is 7.50. The van der Waals surface area contributed by atoms with E-state index in [0.717, 1.165) is 5.56 Å². The molecular weight excluding hydrogens is 296 g/mol. The van der Waals surface area contributed by atoms with E-state index in [2.05, 4.69) is 4.74 Å². The van der Waals surface area contributed by atoms with Crippen molar-refractivity contribution >= 4 is 17.8 Å². The van der Waals surface area contributed by atoms with Crippen LogP contribution in [0.15, 0.2) is 24.3 Å². The van der Waals surface area contributed by atoms with Crippen molar-refractivity contribution < 1.29 is 19.1 Å². The van der Waals surface area contributed by atoms with Crippen molar-refractivity contribution in [3.63, 3.8) is 0 Å². The van der Waals surface area contributed by atoms with E-state index in [1.54, 1.807) is 9.80 Å². The van der Waals surface area contributed by atoms with Crippen molar-refractivity contribution in [3.05, 3.63) is 35.4 Å². The highest BCUT2D eigenvalue weighted by Crippen LogP contribution is 2.11. The summed E-state index contributed by atoms with van der Waals surface area (Å²) in [6.45, 7) is 3.97. The zero-order valence-electron chi connectivity index (χ0n) is 13.6. The number of methoxy groups -OCH3 is 1. The van der Waals surface area contributed by atoms with Crippen LogP contribution < -0.4 is 0 Å². The zero-order valence-corrected chi connectivity index (χ0v) is 13.6. The molecule has 0 N–H and O–H groups in total. The molecule has 6 nitrogen and oxygen atoms in total. The maximum Gasteiger partial charge on any atom is 0.306 e. The van der Waals surface area contributed by atoms with E-state index in [0.29, 0.717) is 31.7 Å². The average molecular weight is 318 g/mol. The molecule has 1 aliphatic rings. The second-order valence-electron chi connectivity index (χ2n) is 5.62. The fourth-order valence-electron chi connectivity index (χ4n) is 2.59. The van der Waals surface area contributed by atoms with Crippen LogP contribution in [-0.4, -0.2) is 60.9 Å². The molecule has 1 heterocycles. The van der Waals surface area contributed by atoms with Crippen molar-refractivity contribution in [1.29, 1.82) is 0 Å². The molecule has 0 aromatic heterocycles. The highest BCUT2D eigenvalue weighted by atomic mass is 16.5. The molecule has 2 rings (SSSR count). The summed E-state index contributed by atoms with van der Waals surface area (Å²) in [5.74, 6) is -0.458. The minimum atomic E-state index is -0.383. The Morgan fingerprint density at radius 2 is 1.70 bits per heavy atom. The van der Waals surface area contributed by atoms with Gasteiger partial charge in [0.05, 0.1) is 13.5 Å². The Morgan fingerprint density at radius 1 is 1.04 bits per heavy atom. The van der Waals surface area contributed by atoms with Gasteiger partial charge in [-0.2, -0.15) is 0 Å². The first kappa shape index (κ1) is 17.0. The number of ether oxygens (including phenoxy) is 1. The summed E-state index contributed by atoms with van der Waals surface area (Å²) >= 11 is 0. The zero-order chi connectivity index (χ0) is 16.8. The molecule has 1 aromatic rings. The number of esters is 1. The Morgan fingerprint density at radius 3 is 2.30 bits per heavy atom. The largest absolute Gasteiger partial charge is 0.469 e. The molecule has 6 heteroatoms. The van der Waals surface area contributed by atoms with Gasteiger partial charge in [-0.15, -0.1) is 0 Å². The Balaban J connectivity index is 1.85. The molecule has 1 fully saturated rings. The summed E-state index contributed by atoms with van der Waals surface area (Å²) in [4.78, 5) is 39.0. The molecular formula is C17H22N2O4. The highest BCUT2D eigenvalue weighted by molar-refractivity contribution is 5.94. The maximum absolute atomic E-state index is 12.4. The van der Waals surface area contributed by atoms with Crippen LogP contribution >= 0.6 is 0 Å². The molecule has 0 atom stereocenters. The van der Waals surface area contributed by atoms with Crippen molar-refractivity contribution in [1.82, 2.24) is 9.80 Å². The number of nitrogens with zero attached hydrogens (tertiary/aromatic N) is 2. The van der Waals surface area contributed by atoms with Gasteiger partial charge in [0.15, 0.2) is 0 Å². The SMILES string of the molecule is COC(=O)CCC(=O)N1CCN(C(=O)c2cccc(C)c2)CC1. The van der Waals surface area contributed by atoms with Crippen LogP contribution in [-0.2, 0) is 14.3 Å². The summed E-state index contributed by atoms with van der Waals surface area (Å²) in [6.07, 6.45) is 0.246. The van der Waals surface area contributed by atoms with Crippen LogP contribution in [0, 0.1) is 6.92 Å². The van der Waals surface area contributed by atoms with Crippen molar-refractivity contribution in [3.8, 4) is 0 Å². The van der Waals surface area contributed by atoms with Gasteiger partial charge in [-0.3, -0.25) is 14.4 Å². The number of carbonyl (C=O) groups is 3. The third-order valence-corrected chi connectivity index (χ3v) is 3.96. The number of carbonyl (C=O) groups excluding carboxylic acids is 3. The molecule has 0 radical (unpaired) electrons. The van der Waals surface area contributed by atoms with Crippen LogP contribution in [0.1, 0.15) is 28.8 Å². The molecule has 0 bridgehead atoms. The molecule has 23 heavy (non-hydrogen) atoms. The van der Waals surface area contributed by atoms with E-state index in [9.17, 15) is 14.4 Å². The van der Waals surface area contributed by atoms with Crippen LogP contribution in [0.25, 0.3) is 0 Å². The van der Waals surface area contributed by atoms with E-state index < -0.39 is 0 Å². The number of hydrogen-bond donors (Lipinski definition) is 0. The second kappa shape index (κ2) is 7.76. The predicted octanol–water partition coefficient (Wildman–Crippen LogP) is 1.23. The minimum absolute atomic E-state index is 0.00430. The van der Waals surface area contributed by atoms with Gasteiger partial charge in [0.1, 0.15) is 0 Å². The third kappa shape index (κ3) is 4.55. The lowest BCUT2D eigenvalue weighted by molar-refractivity contribution is -0.143. The molecule has 1 saturated heterocycles. The van der Waals surface area contributed by atoms with Crippen molar-refractivity contribution in [2.75, 3.05) is 33.3 Å². The molecule has 0 aliphatic carbocycles. The van der Waals surface area contributed by atoms with Crippen LogP contribution in [0.5, 0.6) is 0 Å². The first-order valence-corrected chi connectivity index (χ1v) is 7.72. The average Bonchev–Trinajstić information content (AvgIpc) is 2.58. The van der Waals surface area contributed by atoms with Crippen LogP contribution in [0.2, 0.25) is 0 Å². The Hall–Kier alpha value is -2.37. The summed E-state index contributed by atoms with van der Waals surface area (Å²) < 4.78 is 4.53. The second-order valence-corrected chi connectivity index (χ2v) is 5.62. The number of hydrogen-bond acceptors (Lipinski definition) is 4. The Labute approximate surface area is 136 Å². The van der Waals surface area contributed by atoms with Crippen molar-refractivity contribution in [2.45, 2.75) is 19.8 Å². The molecule has 124 valence electrons. The molecule has 1 aromatic carbocycles. The Bertz CT molecular complexity index is 592. The highest BCUT2D eigenvalue weighted by Gasteiger charge is 2.25. The van der Waals surface area contributed by atoms with E-state index in [4.69, 9.17) is 0 Å². The monoisotopic (exact) mass is 318 g/mol. The van der Waals surface area contributed by atoms with Gasteiger partial charge >= 0.3 is 5.97 Å². The molecule has 1 aliphatic heterocycles. The first-order valence-electron chi connectivity index (χ1n) is 7.72. The minimum Gasteiger partial charge on any atom is -0.469 e. The fraction of sp³-hybridized carbons (Fsp3) is 0.471. The summed E-state index contributed by atoms with van der Waals surface area (Å²) in [5, 5.41) is 0. The number of piperazine rings is 1. The van der Waals surface area contributed by atoms with Gasteiger partial charge in [-0.1, -0.05) is 17.7 Å². The van der Waals surface area contributed by atoms with E-state index in [1.165, 1.54) is 7.11 Å². The third-order valence-electron chi connectivity index (χ3n) is 3.96. The lowest BCUT2D eigenvalue weighted by atomic mass is 10.1. The number of aryl methyl sites for hydroxylation is 1. The van der Waals surface area contributed by atoms with Crippen molar-refractivity contribution in [2.24, 2.45) is 0 Å². The van der Waals surface area contributed by atoms with Gasteiger partial charge in [-0.25, -0.2) is 0 Å². The normalized spacial score (nSPS) is 14.5. The maximum atomic E-state index is 12.4. The van der Waals surface area contributed by atoms with Gasteiger partial charge in [0, 0.05) is 38.2 Å². The lowest BCUT2D eigenvalue weighted by Gasteiger charge is -2.35. The van der Waals surface area contributed by atoms with Crippen LogP contribution in [0.4, 0.5) is 0 Å². The van der Waals surface area contributed by atoms with Gasteiger partial charge in [-0.05, 0) is 19.1 Å². The number of amides is 2. The molecule has 0 unspecified atom stereocenters. The summed E-state index contributed by atoms with van der Waals surface area (Å²) in [7, 11) is 1.31. The number of benzene rings is 1. The smallest absolute Gasteiger partial charge is 0.306 e. The Kier molecular flexibility index (Phi) is 5.73. The lowest BCUT2D eigenvalue weighted by Crippen LogP contribution is -2.50. The molecule has 2 amide bonds. The van der Waals surface area contributed by atoms with Gasteiger partial charge in [0.2, 0.25) is 5.91 Å². The molecule has 0 spiro atoms.